The minimum absolute atomic E-state index is 0.267. The van der Waals surface area contributed by atoms with Crippen LogP contribution >= 0.6 is 0 Å². The van der Waals surface area contributed by atoms with Crippen LogP contribution in [0.15, 0.2) is 23.1 Å². The Kier molecular flexibility index (Phi) is 3.67. The summed E-state index contributed by atoms with van der Waals surface area (Å²) < 4.78 is 12.5. The Morgan fingerprint density at radius 1 is 1.35 bits per heavy atom. The van der Waals surface area contributed by atoms with Crippen LogP contribution in [0.25, 0.3) is 0 Å². The summed E-state index contributed by atoms with van der Waals surface area (Å²) >= 11 is 0. The summed E-state index contributed by atoms with van der Waals surface area (Å²) in [5, 5.41) is 9.14. The molecule has 1 N–H and O–H groups in total. The summed E-state index contributed by atoms with van der Waals surface area (Å²) in [6, 6.07) is 5.16. The van der Waals surface area contributed by atoms with Gasteiger partial charge in [0.25, 0.3) is 0 Å². The molecule has 2 aliphatic carbocycles. The van der Waals surface area contributed by atoms with Crippen molar-refractivity contribution in [2.75, 3.05) is 5.75 Å². The van der Waals surface area contributed by atoms with Crippen LogP contribution in [-0.2, 0) is 10.8 Å². The van der Waals surface area contributed by atoms with Crippen molar-refractivity contribution >= 4 is 16.8 Å². The summed E-state index contributed by atoms with van der Waals surface area (Å²) in [7, 11) is -1.07. The quantitative estimate of drug-likeness (QED) is 0.927. The number of hydrogen-bond donors (Lipinski definition) is 1. The summed E-state index contributed by atoms with van der Waals surface area (Å²) in [4.78, 5) is 11.8. The van der Waals surface area contributed by atoms with E-state index in [1.807, 2.05) is 6.07 Å². The van der Waals surface area contributed by atoms with Gasteiger partial charge in [0.1, 0.15) is 0 Å². The molecule has 1 aromatic rings. The maximum Gasteiger partial charge on any atom is 0.335 e. The van der Waals surface area contributed by atoms with E-state index in [4.69, 9.17) is 5.11 Å². The first-order valence-electron chi connectivity index (χ1n) is 7.27. The summed E-state index contributed by atoms with van der Waals surface area (Å²) in [5.74, 6) is 1.94. The summed E-state index contributed by atoms with van der Waals surface area (Å²) in [5.41, 5.74) is 0.988. The lowest BCUT2D eigenvalue weighted by Crippen LogP contribution is -2.18. The van der Waals surface area contributed by atoms with Gasteiger partial charge >= 0.3 is 5.97 Å². The molecule has 0 aliphatic heterocycles. The Morgan fingerprint density at radius 2 is 2.15 bits per heavy atom. The van der Waals surface area contributed by atoms with Gasteiger partial charge < -0.3 is 5.11 Å². The van der Waals surface area contributed by atoms with Crippen molar-refractivity contribution in [1.82, 2.24) is 0 Å². The molecule has 0 amide bonds. The normalized spacial score (nSPS) is 29.6. The second kappa shape index (κ2) is 5.32. The predicted octanol–water partition coefficient (Wildman–Crippen LogP) is 3.24. The van der Waals surface area contributed by atoms with E-state index >= 15 is 0 Å². The maximum absolute atomic E-state index is 12.5. The third-order valence-electron chi connectivity index (χ3n) is 4.95. The molecule has 0 spiro atoms. The Labute approximate surface area is 121 Å². The second-order valence-electron chi connectivity index (χ2n) is 6.23. The summed E-state index contributed by atoms with van der Waals surface area (Å²) in [6.45, 7) is 1.77. The molecule has 108 valence electrons. The molecule has 0 aromatic heterocycles. The largest absolute Gasteiger partial charge is 0.478 e. The molecule has 0 heterocycles. The zero-order valence-electron chi connectivity index (χ0n) is 11.7. The molecule has 2 fully saturated rings. The third kappa shape index (κ3) is 2.53. The lowest BCUT2D eigenvalue weighted by molar-refractivity contribution is 0.0696. The lowest BCUT2D eigenvalue weighted by Gasteiger charge is -2.21. The van der Waals surface area contributed by atoms with Crippen LogP contribution in [0, 0.1) is 24.7 Å². The van der Waals surface area contributed by atoms with Gasteiger partial charge in [0.05, 0.1) is 16.4 Å². The zero-order valence-corrected chi connectivity index (χ0v) is 12.5. The van der Waals surface area contributed by atoms with Crippen LogP contribution in [0.2, 0.25) is 0 Å². The van der Waals surface area contributed by atoms with E-state index < -0.39 is 16.8 Å². The SMILES string of the molecule is Cc1ccc(S(=O)CC2CC3CCC2C3)cc1C(=O)O. The Hall–Kier alpha value is -1.16. The highest BCUT2D eigenvalue weighted by Crippen LogP contribution is 2.48. The highest BCUT2D eigenvalue weighted by Gasteiger charge is 2.40. The van der Waals surface area contributed by atoms with Gasteiger partial charge in [-0.05, 0) is 61.6 Å². The van der Waals surface area contributed by atoms with Crippen molar-refractivity contribution in [2.24, 2.45) is 17.8 Å². The molecule has 0 saturated heterocycles. The number of fused-ring (bicyclic) bond motifs is 2. The standard InChI is InChI=1S/C16H20O3S/c1-10-2-5-14(8-15(10)16(17)18)20(19)9-13-7-11-3-4-12(13)6-11/h2,5,8,11-13H,3-4,6-7,9H2,1H3,(H,17,18). The molecule has 2 aliphatic rings. The number of aromatic carboxylic acids is 1. The number of rotatable bonds is 4. The van der Waals surface area contributed by atoms with Gasteiger partial charge in [0.15, 0.2) is 0 Å². The first-order chi connectivity index (χ1) is 9.54. The van der Waals surface area contributed by atoms with Gasteiger partial charge in [-0.25, -0.2) is 4.79 Å². The fourth-order valence-electron chi connectivity index (χ4n) is 3.84. The van der Waals surface area contributed by atoms with Crippen molar-refractivity contribution in [2.45, 2.75) is 37.5 Å². The van der Waals surface area contributed by atoms with E-state index in [9.17, 15) is 9.00 Å². The van der Waals surface area contributed by atoms with Crippen LogP contribution in [0.5, 0.6) is 0 Å². The van der Waals surface area contributed by atoms with Gasteiger partial charge in [-0.1, -0.05) is 12.5 Å². The number of hydrogen-bond acceptors (Lipinski definition) is 2. The molecule has 4 heteroatoms. The van der Waals surface area contributed by atoms with E-state index in [2.05, 4.69) is 0 Å². The minimum Gasteiger partial charge on any atom is -0.478 e. The molecule has 0 radical (unpaired) electrons. The average molecular weight is 292 g/mol. The van der Waals surface area contributed by atoms with Crippen LogP contribution in [0.1, 0.15) is 41.6 Å². The fraction of sp³-hybridized carbons (Fsp3) is 0.562. The Bertz CT molecular complexity index is 567. The van der Waals surface area contributed by atoms with Gasteiger partial charge in [0.2, 0.25) is 0 Å². The number of aryl methyl sites for hydroxylation is 1. The number of carboxylic acids is 1. The lowest BCUT2D eigenvalue weighted by atomic mass is 9.90. The minimum atomic E-state index is -1.07. The molecule has 1 aromatic carbocycles. The Balaban J connectivity index is 1.74. The van der Waals surface area contributed by atoms with Crippen LogP contribution < -0.4 is 0 Å². The Morgan fingerprint density at radius 3 is 2.75 bits per heavy atom. The molecule has 3 nitrogen and oxygen atoms in total. The highest BCUT2D eigenvalue weighted by molar-refractivity contribution is 7.85. The highest BCUT2D eigenvalue weighted by atomic mass is 32.2. The van der Waals surface area contributed by atoms with Crippen LogP contribution in [-0.4, -0.2) is 21.0 Å². The van der Waals surface area contributed by atoms with E-state index in [-0.39, 0.29) is 5.56 Å². The predicted molar refractivity (Wildman–Crippen MR) is 78.4 cm³/mol. The molecule has 4 unspecified atom stereocenters. The zero-order chi connectivity index (χ0) is 14.3. The van der Waals surface area contributed by atoms with E-state index in [1.54, 1.807) is 19.1 Å². The first kappa shape index (κ1) is 13.8. The number of carbonyl (C=O) groups is 1. The number of carboxylic acid groups (broad SMARTS) is 1. The molecule has 20 heavy (non-hydrogen) atoms. The van der Waals surface area contributed by atoms with E-state index in [0.717, 1.165) is 17.4 Å². The van der Waals surface area contributed by atoms with Crippen molar-refractivity contribution in [3.05, 3.63) is 29.3 Å². The third-order valence-corrected chi connectivity index (χ3v) is 6.46. The molecule has 3 rings (SSSR count). The van der Waals surface area contributed by atoms with Crippen molar-refractivity contribution in [3.8, 4) is 0 Å². The topological polar surface area (TPSA) is 54.4 Å². The molecule has 2 bridgehead atoms. The van der Waals surface area contributed by atoms with Gasteiger partial charge in [-0.2, -0.15) is 0 Å². The molecule has 2 saturated carbocycles. The van der Waals surface area contributed by atoms with Gasteiger partial charge in [-0.3, -0.25) is 4.21 Å². The van der Waals surface area contributed by atoms with Gasteiger partial charge in [-0.15, -0.1) is 0 Å². The van der Waals surface area contributed by atoms with E-state index in [0.29, 0.717) is 16.6 Å². The maximum atomic E-state index is 12.5. The van der Waals surface area contributed by atoms with Crippen LogP contribution in [0.4, 0.5) is 0 Å². The molecular formula is C16H20O3S. The smallest absolute Gasteiger partial charge is 0.335 e. The average Bonchev–Trinajstić information content (AvgIpc) is 3.01. The summed E-state index contributed by atoms with van der Waals surface area (Å²) in [6.07, 6.45) is 5.17. The monoisotopic (exact) mass is 292 g/mol. The van der Waals surface area contributed by atoms with E-state index in [1.165, 1.54) is 25.7 Å². The van der Waals surface area contributed by atoms with Gasteiger partial charge in [0, 0.05) is 10.6 Å². The van der Waals surface area contributed by atoms with Crippen LogP contribution in [0.3, 0.4) is 0 Å². The molecule has 4 atom stereocenters. The molecular weight excluding hydrogens is 272 g/mol. The fourth-order valence-corrected chi connectivity index (χ4v) is 5.30. The van der Waals surface area contributed by atoms with Crippen molar-refractivity contribution < 1.29 is 14.1 Å². The van der Waals surface area contributed by atoms with Crippen molar-refractivity contribution in [3.63, 3.8) is 0 Å². The number of benzene rings is 1. The second-order valence-corrected chi connectivity index (χ2v) is 7.72. The first-order valence-corrected chi connectivity index (χ1v) is 8.59. The van der Waals surface area contributed by atoms with Crippen molar-refractivity contribution in [1.29, 1.82) is 0 Å².